The average molecular weight is 1760 g/mol. The summed E-state index contributed by atoms with van der Waals surface area (Å²) in [4.78, 5) is 164. The third kappa shape index (κ3) is 24.4. The van der Waals surface area contributed by atoms with Crippen LogP contribution in [0.4, 0.5) is 21.0 Å². The number of nitrogens with zero attached hydrogens (tertiary/aromatic N) is 3. The van der Waals surface area contributed by atoms with Crippen molar-refractivity contribution in [1.29, 1.82) is 0 Å². The molecule has 0 saturated carbocycles. The van der Waals surface area contributed by atoms with Crippen LogP contribution in [0, 0.1) is 0 Å². The summed E-state index contributed by atoms with van der Waals surface area (Å²) in [6.45, 7) is 12.1. The summed E-state index contributed by atoms with van der Waals surface area (Å²) in [6.07, 6.45) is -15.1. The highest BCUT2D eigenvalue weighted by Gasteiger charge is 2.55. The molecule has 11 rings (SSSR count). The molecule has 4 aliphatic rings. The summed E-state index contributed by atoms with van der Waals surface area (Å²) in [5.74, 6) is -6.29. The molecule has 6 heterocycles. The highest BCUT2D eigenvalue weighted by atomic mass is 32.1. The van der Waals surface area contributed by atoms with E-state index in [0.29, 0.717) is 54.7 Å². The fraction of sp³-hybridized carbons (Fsp3) is 0.425. The van der Waals surface area contributed by atoms with Gasteiger partial charge in [-0.2, -0.15) is 0 Å². The molecule has 35 nitrogen and oxygen atoms in total. The summed E-state index contributed by atoms with van der Waals surface area (Å²) < 4.78 is 105. The zero-order valence-electron chi connectivity index (χ0n) is 70.6. The van der Waals surface area contributed by atoms with Gasteiger partial charge >= 0.3 is 59.9 Å². The number of fused-ring (bicyclic) bond motifs is 2. The van der Waals surface area contributed by atoms with Gasteiger partial charge in [0.15, 0.2) is 47.4 Å². The molecular weight excluding hydrogens is 1660 g/mol. The lowest BCUT2D eigenvalue weighted by Gasteiger charge is -2.43. The molecule has 37 heteroatoms. The lowest BCUT2D eigenvalue weighted by Crippen LogP contribution is -2.63. The highest BCUT2D eigenvalue weighted by Crippen LogP contribution is 2.42. The van der Waals surface area contributed by atoms with Gasteiger partial charge in [-0.25, -0.2) is 9.59 Å². The van der Waals surface area contributed by atoms with E-state index in [-0.39, 0.29) is 95.5 Å². The van der Waals surface area contributed by atoms with Gasteiger partial charge in [-0.3, -0.25) is 58.6 Å². The molecule has 7 aromatic rings. The minimum atomic E-state index is -1.52. The molecule has 12 atom stereocenters. The van der Waals surface area contributed by atoms with Crippen LogP contribution in [0.3, 0.4) is 0 Å². The van der Waals surface area contributed by atoms with E-state index in [1.54, 1.807) is 56.7 Å². The van der Waals surface area contributed by atoms with Crippen molar-refractivity contribution in [1.82, 2.24) is 14.7 Å². The second kappa shape index (κ2) is 42.0. The van der Waals surface area contributed by atoms with Crippen LogP contribution in [0.5, 0.6) is 34.5 Å². The Balaban J connectivity index is 0.814. The van der Waals surface area contributed by atoms with Gasteiger partial charge in [0, 0.05) is 122 Å². The molecule has 0 radical (unpaired) electrons. The molecular formula is C87H97N5O30S2. The van der Waals surface area contributed by atoms with Crippen LogP contribution in [0.25, 0.3) is 0 Å². The minimum Gasteiger partial charge on any atom is -0.493 e. The summed E-state index contributed by atoms with van der Waals surface area (Å²) in [5, 5.41) is 9.52. The first-order valence-electron chi connectivity index (χ1n) is 39.3. The molecule has 5 aromatic carbocycles. The molecule has 4 aliphatic heterocycles. The van der Waals surface area contributed by atoms with E-state index in [0.717, 1.165) is 81.8 Å². The molecule has 0 aliphatic carbocycles. The van der Waals surface area contributed by atoms with Crippen molar-refractivity contribution in [2.45, 2.75) is 202 Å². The van der Waals surface area contributed by atoms with Crippen molar-refractivity contribution in [2.24, 2.45) is 0 Å². The Morgan fingerprint density at radius 1 is 0.411 bits per heavy atom. The van der Waals surface area contributed by atoms with Gasteiger partial charge < -0.3 is 100.0 Å². The molecule has 0 bridgehead atoms. The number of nitrogens with one attached hydrogen (secondary N) is 2. The van der Waals surface area contributed by atoms with Crippen LogP contribution in [-0.4, -0.2) is 201 Å². The fourth-order valence-electron chi connectivity index (χ4n) is 14.4. The van der Waals surface area contributed by atoms with Gasteiger partial charge in [0.1, 0.15) is 63.3 Å². The van der Waals surface area contributed by atoms with Gasteiger partial charge in [-0.05, 0) is 132 Å². The Labute approximate surface area is 721 Å². The molecule has 2 fully saturated rings. The van der Waals surface area contributed by atoms with Gasteiger partial charge in [0.2, 0.25) is 24.8 Å². The molecule has 124 heavy (non-hydrogen) atoms. The van der Waals surface area contributed by atoms with Crippen LogP contribution in [0.1, 0.15) is 139 Å². The summed E-state index contributed by atoms with van der Waals surface area (Å²) in [7, 11) is 6.66. The summed E-state index contributed by atoms with van der Waals surface area (Å²) in [6, 6.07) is 27.4. The van der Waals surface area contributed by atoms with Crippen molar-refractivity contribution < 1.29 is 143 Å². The Hall–Kier alpha value is -12.6. The second-order valence-electron chi connectivity index (χ2n) is 29.8. The predicted octanol–water partition coefficient (Wildman–Crippen LogP) is 10.6. The number of hydrogen-bond donors (Lipinski definition) is 2. The van der Waals surface area contributed by atoms with Crippen LogP contribution >= 0.6 is 22.7 Å². The lowest BCUT2D eigenvalue weighted by molar-refractivity contribution is -0.288. The molecule has 2 aromatic heterocycles. The summed E-state index contributed by atoms with van der Waals surface area (Å²) in [5.41, 5.74) is 5.25. The van der Waals surface area contributed by atoms with E-state index in [4.69, 9.17) is 85.3 Å². The van der Waals surface area contributed by atoms with E-state index in [9.17, 15) is 57.5 Å². The first-order valence-corrected chi connectivity index (χ1v) is 41.1. The standard InChI is InChI=1S/C87H97N5O30S2/c1-45-27-74-60(23-25-123-74)37-91(45)82(101)64-32-68(105-13)70(34-66(64)88-86(103)111-39-55-15-19-62(20-16-55)119-84-80(117-53(9)99)78(115-51(7)97)76(113-49(5)95)72(121-84)43-107-47(3)93)109-41-58-29-57(36-90(11)12)30-59(31-58)42-110-71-35-67(65(33-69(71)106-14)83(102)92-38-61-24-26-124-75(61)28-46(92)2)89-87(104)112-40-56-17-21-63(22-18-56)120-85-81(118-54(10)100)79(116-52(8)98)77(114-50(6)96)73(122-85)44-108-48(4)94/h15-26,29-35,45-46,72-73,76-81,84-85H,27-28,36-44H2,1-14H3,(H,88,103)(H,89,104)/t45-,46+,72-,73-,76+,77+,78+,79+,80+,81+,84-,85-/m1/s1. The topological polar surface area (TPSA) is 405 Å². The fourth-order valence-corrected chi connectivity index (χ4v) is 16.5. The Kier molecular flexibility index (Phi) is 31.2. The number of hydrogen-bond acceptors (Lipinski definition) is 33. The molecule has 662 valence electrons. The number of carbonyl (C=O) groups is 12. The normalized spacial score (nSPS) is 20.6. The highest BCUT2D eigenvalue weighted by molar-refractivity contribution is 7.10. The van der Waals surface area contributed by atoms with Crippen LogP contribution < -0.4 is 39.1 Å². The van der Waals surface area contributed by atoms with E-state index in [2.05, 4.69) is 10.6 Å². The molecule has 2 N–H and O–H groups in total. The van der Waals surface area contributed by atoms with Crippen molar-refractivity contribution in [2.75, 3.05) is 52.2 Å². The summed E-state index contributed by atoms with van der Waals surface area (Å²) >= 11 is 3.22. The number of esters is 8. The maximum Gasteiger partial charge on any atom is 0.411 e. The molecule has 0 spiro atoms. The first-order chi connectivity index (χ1) is 59.1. The number of rotatable bonds is 32. The number of benzene rings is 5. The van der Waals surface area contributed by atoms with Crippen molar-refractivity contribution in [3.63, 3.8) is 0 Å². The monoisotopic (exact) mass is 1760 g/mol. The number of methoxy groups -OCH3 is 2. The third-order valence-electron chi connectivity index (χ3n) is 19.8. The quantitative estimate of drug-likeness (QED) is 0.0292. The van der Waals surface area contributed by atoms with Gasteiger partial charge in [-0.15, -0.1) is 22.7 Å². The van der Waals surface area contributed by atoms with E-state index < -0.39 is 146 Å². The van der Waals surface area contributed by atoms with E-state index in [1.807, 2.05) is 73.9 Å². The van der Waals surface area contributed by atoms with Crippen LogP contribution in [-0.2, 0) is 154 Å². The van der Waals surface area contributed by atoms with E-state index >= 15 is 0 Å². The smallest absolute Gasteiger partial charge is 0.411 e. The number of amides is 4. The predicted molar refractivity (Wildman–Crippen MR) is 439 cm³/mol. The zero-order chi connectivity index (χ0) is 89.3. The Morgan fingerprint density at radius 2 is 0.766 bits per heavy atom. The Bertz CT molecular complexity index is 4770. The van der Waals surface area contributed by atoms with Crippen LogP contribution in [0.2, 0.25) is 0 Å². The number of anilines is 2. The van der Waals surface area contributed by atoms with Crippen molar-refractivity contribution >= 4 is 106 Å². The SMILES string of the molecule is COc1cc(C(=O)N2Cc3ccsc3C[C@H]2C)c(NC(=O)OCc2ccc(O[C@@H]3O[C@H](COC(C)=O)[C@H](OC(C)=O)[C@H](OC(C)=O)[C@@H]3OC(C)=O)cc2)cc1OCc1cc(COc2cc(NC(=O)OCc3ccc(O[C@@H]4O[C@H](COC(C)=O)[C@H](OC(C)=O)[C@H](OC(C)=O)[C@@H]4OC(C)=O)cc3)c(C(=O)N3Cc4ccsc4C[C@@H]3C)cc2OC)cc(CN(C)C)c1. The van der Waals surface area contributed by atoms with Gasteiger partial charge in [0.25, 0.3) is 11.8 Å². The van der Waals surface area contributed by atoms with Crippen molar-refractivity contribution in [3.8, 4) is 34.5 Å². The molecule has 0 unspecified atom stereocenters. The average Bonchev–Trinajstić information content (AvgIpc) is 1.30. The number of carbonyl (C=O) groups excluding carboxylic acids is 12. The van der Waals surface area contributed by atoms with Crippen LogP contribution in [0.15, 0.2) is 114 Å². The maximum absolute atomic E-state index is 15.0. The minimum absolute atomic E-state index is 0.0272. The van der Waals surface area contributed by atoms with Gasteiger partial charge in [-0.1, -0.05) is 36.4 Å². The van der Waals surface area contributed by atoms with Crippen molar-refractivity contribution in [3.05, 3.63) is 174 Å². The number of thiophene rings is 2. The first kappa shape index (κ1) is 92.1. The molecule has 2 saturated heterocycles. The largest absolute Gasteiger partial charge is 0.493 e. The van der Waals surface area contributed by atoms with Gasteiger partial charge in [0.05, 0.1) is 36.7 Å². The third-order valence-corrected chi connectivity index (χ3v) is 21.8. The number of ether oxygens (including phenoxy) is 18. The maximum atomic E-state index is 15.0. The molecule has 4 amide bonds. The van der Waals surface area contributed by atoms with E-state index in [1.165, 1.54) is 62.8 Å². The zero-order valence-corrected chi connectivity index (χ0v) is 72.2. The lowest BCUT2D eigenvalue weighted by atomic mass is 9.98. The second-order valence-corrected chi connectivity index (χ2v) is 31.8. The Morgan fingerprint density at radius 3 is 1.11 bits per heavy atom.